The van der Waals surface area contributed by atoms with Gasteiger partial charge in [0.15, 0.2) is 8.32 Å². The fraction of sp³-hybridized carbons (Fsp3) is 0.767. The van der Waals surface area contributed by atoms with Gasteiger partial charge in [0, 0.05) is 30.9 Å². The van der Waals surface area contributed by atoms with Crippen LogP contribution in [0.3, 0.4) is 0 Å². The van der Waals surface area contributed by atoms with Crippen LogP contribution in [0.2, 0.25) is 18.1 Å². The van der Waals surface area contributed by atoms with Crippen LogP contribution in [-0.2, 0) is 33.0 Å². The van der Waals surface area contributed by atoms with Crippen molar-refractivity contribution in [3.05, 3.63) is 23.3 Å². The van der Waals surface area contributed by atoms with Gasteiger partial charge in [0.2, 0.25) is 0 Å². The average molecular weight is 565 g/mol. The van der Waals surface area contributed by atoms with E-state index in [-0.39, 0.29) is 72.2 Å². The number of rotatable bonds is 9. The number of carbonyl (C=O) groups is 3. The van der Waals surface area contributed by atoms with Gasteiger partial charge in [0.05, 0.1) is 12.7 Å². The summed E-state index contributed by atoms with van der Waals surface area (Å²) in [5.74, 6) is -1.11. The summed E-state index contributed by atoms with van der Waals surface area (Å²) in [6.07, 6.45) is 5.61. The second kappa shape index (κ2) is 11.5. The topological polar surface area (TPSA) is 108 Å². The highest BCUT2D eigenvalue weighted by Crippen LogP contribution is 2.62. The van der Waals surface area contributed by atoms with Crippen molar-refractivity contribution in [1.29, 1.82) is 0 Å². The normalized spacial score (nSPS) is 31.9. The van der Waals surface area contributed by atoms with E-state index in [0.29, 0.717) is 19.3 Å². The van der Waals surface area contributed by atoms with Crippen LogP contribution in [0, 0.1) is 22.7 Å². The quantitative estimate of drug-likeness (QED) is 0.178. The monoisotopic (exact) mass is 564 g/mol. The lowest BCUT2D eigenvalue weighted by atomic mass is 9.47. The number of hydrogen-bond acceptors (Lipinski definition) is 8. The van der Waals surface area contributed by atoms with Gasteiger partial charge in [-0.1, -0.05) is 40.7 Å². The SMILES string of the molecule is CC(=O)OC[C@@]1(C)[C@H]2CC=C(CO)[C@@H](C[C@H](O[Si](C)(C)C(C)(C)C)C3=CC(=O)OC3)[C@]2(C)CC[C@H]1OC(C)=O. The maximum absolute atomic E-state index is 12.1. The van der Waals surface area contributed by atoms with E-state index in [4.69, 9.17) is 18.6 Å². The Morgan fingerprint density at radius 3 is 2.38 bits per heavy atom. The van der Waals surface area contributed by atoms with Crippen molar-refractivity contribution in [2.75, 3.05) is 19.8 Å². The Kier molecular flexibility index (Phi) is 9.29. The highest BCUT2D eigenvalue weighted by atomic mass is 28.4. The van der Waals surface area contributed by atoms with Gasteiger partial charge in [-0.15, -0.1) is 0 Å². The summed E-state index contributed by atoms with van der Waals surface area (Å²) in [4.78, 5) is 36.0. The van der Waals surface area contributed by atoms with Crippen molar-refractivity contribution in [3.63, 3.8) is 0 Å². The van der Waals surface area contributed by atoms with Gasteiger partial charge in [-0.3, -0.25) is 9.59 Å². The van der Waals surface area contributed by atoms with Crippen LogP contribution in [0.5, 0.6) is 0 Å². The zero-order chi connectivity index (χ0) is 29.4. The van der Waals surface area contributed by atoms with Crippen molar-refractivity contribution < 1.29 is 38.1 Å². The lowest BCUT2D eigenvalue weighted by Gasteiger charge is -2.60. The maximum atomic E-state index is 12.1. The van der Waals surface area contributed by atoms with E-state index in [1.54, 1.807) is 6.08 Å². The molecule has 0 spiro atoms. The Balaban J connectivity index is 2.04. The van der Waals surface area contributed by atoms with Gasteiger partial charge < -0.3 is 23.7 Å². The van der Waals surface area contributed by atoms with Crippen LogP contribution < -0.4 is 0 Å². The second-order valence-electron chi connectivity index (χ2n) is 13.6. The molecule has 0 radical (unpaired) electrons. The lowest BCUT2D eigenvalue weighted by Crippen LogP contribution is -2.59. The summed E-state index contributed by atoms with van der Waals surface area (Å²) in [5, 5.41) is 10.5. The largest absolute Gasteiger partial charge is 0.465 e. The molecule has 6 atom stereocenters. The van der Waals surface area contributed by atoms with E-state index < -0.39 is 13.7 Å². The van der Waals surface area contributed by atoms with Crippen LogP contribution >= 0.6 is 0 Å². The molecule has 3 aliphatic rings. The Labute approximate surface area is 234 Å². The molecule has 0 aromatic rings. The Morgan fingerprint density at radius 2 is 1.87 bits per heavy atom. The van der Waals surface area contributed by atoms with Crippen molar-refractivity contribution in [3.8, 4) is 0 Å². The zero-order valence-electron chi connectivity index (χ0n) is 25.2. The van der Waals surface area contributed by atoms with Crippen LogP contribution in [-0.4, -0.2) is 63.4 Å². The third-order valence-corrected chi connectivity index (χ3v) is 14.5. The molecule has 2 aliphatic carbocycles. The lowest BCUT2D eigenvalue weighted by molar-refractivity contribution is -0.189. The summed E-state index contributed by atoms with van der Waals surface area (Å²) in [6, 6.07) is 0. The van der Waals surface area contributed by atoms with Crippen LogP contribution in [0.4, 0.5) is 0 Å². The summed E-state index contributed by atoms with van der Waals surface area (Å²) in [6.45, 7) is 18.4. The molecular weight excluding hydrogens is 516 g/mol. The predicted molar refractivity (Wildman–Crippen MR) is 150 cm³/mol. The first-order valence-electron chi connectivity index (χ1n) is 14.1. The molecule has 1 N–H and O–H groups in total. The smallest absolute Gasteiger partial charge is 0.331 e. The van der Waals surface area contributed by atoms with Crippen molar-refractivity contribution in [2.24, 2.45) is 22.7 Å². The van der Waals surface area contributed by atoms with E-state index in [2.05, 4.69) is 53.8 Å². The number of esters is 3. The number of ether oxygens (including phenoxy) is 3. The number of hydrogen-bond donors (Lipinski definition) is 1. The molecule has 1 saturated carbocycles. The van der Waals surface area contributed by atoms with Crippen LogP contribution in [0.15, 0.2) is 23.3 Å². The van der Waals surface area contributed by atoms with Gasteiger partial charge in [-0.25, -0.2) is 4.79 Å². The number of fused-ring (bicyclic) bond motifs is 1. The summed E-state index contributed by atoms with van der Waals surface area (Å²) in [7, 11) is -2.23. The van der Waals surface area contributed by atoms with Crippen molar-refractivity contribution in [2.45, 2.75) is 104 Å². The molecule has 0 aromatic carbocycles. The third kappa shape index (κ3) is 6.51. The Hall–Kier alpha value is -1.97. The van der Waals surface area contributed by atoms with E-state index in [0.717, 1.165) is 17.6 Å². The van der Waals surface area contributed by atoms with Gasteiger partial charge in [0.25, 0.3) is 0 Å². The third-order valence-electron chi connectivity index (χ3n) is 10.0. The predicted octanol–water partition coefficient (Wildman–Crippen LogP) is 5.11. The molecule has 0 saturated heterocycles. The standard InChI is InChI=1S/C30H48O8Si/c1-19(32)36-18-30(7)25-11-10-21(16-31)23(29(25,6)13-12-26(30)37-20(2)33)15-24(22-14-27(34)35-17-22)38-39(8,9)28(3,4)5/h10,14,23-26,31H,11-13,15-18H2,1-9H3/t23-,24+,25+,26-,29+,30+/m1/s1. The highest BCUT2D eigenvalue weighted by Gasteiger charge is 2.59. The molecule has 1 heterocycles. The molecule has 220 valence electrons. The molecule has 1 aliphatic heterocycles. The number of cyclic esters (lactones) is 1. The van der Waals surface area contributed by atoms with Crippen molar-refractivity contribution in [1.82, 2.24) is 0 Å². The minimum atomic E-state index is -2.23. The van der Waals surface area contributed by atoms with Crippen LogP contribution in [0.25, 0.3) is 0 Å². The fourth-order valence-electron chi connectivity index (χ4n) is 6.75. The zero-order valence-corrected chi connectivity index (χ0v) is 26.2. The van der Waals surface area contributed by atoms with Gasteiger partial charge in [-0.2, -0.15) is 0 Å². The van der Waals surface area contributed by atoms with E-state index >= 15 is 0 Å². The molecule has 8 nitrogen and oxygen atoms in total. The molecule has 9 heteroatoms. The second-order valence-corrected chi connectivity index (χ2v) is 18.4. The molecule has 39 heavy (non-hydrogen) atoms. The van der Waals surface area contributed by atoms with Gasteiger partial charge in [-0.05, 0) is 66.6 Å². The first kappa shape index (κ1) is 31.6. The minimum Gasteiger partial charge on any atom is -0.465 e. The summed E-state index contributed by atoms with van der Waals surface area (Å²) >= 11 is 0. The average Bonchev–Trinajstić information content (AvgIpc) is 3.25. The van der Waals surface area contributed by atoms with Crippen molar-refractivity contribution >= 4 is 26.2 Å². The van der Waals surface area contributed by atoms with E-state index in [1.165, 1.54) is 13.8 Å². The summed E-state index contributed by atoms with van der Waals surface area (Å²) < 4.78 is 23.6. The van der Waals surface area contributed by atoms with Crippen LogP contribution in [0.1, 0.15) is 74.1 Å². The summed E-state index contributed by atoms with van der Waals surface area (Å²) in [5.41, 5.74) is 0.896. The molecule has 3 rings (SSSR count). The van der Waals surface area contributed by atoms with E-state index in [9.17, 15) is 19.5 Å². The first-order valence-corrected chi connectivity index (χ1v) is 17.0. The molecular formula is C30H48O8Si. The molecule has 0 unspecified atom stereocenters. The van der Waals surface area contributed by atoms with E-state index in [1.807, 2.05) is 0 Å². The fourth-order valence-corrected chi connectivity index (χ4v) is 8.06. The first-order chi connectivity index (χ1) is 17.9. The highest BCUT2D eigenvalue weighted by molar-refractivity contribution is 6.74. The molecule has 0 bridgehead atoms. The Bertz CT molecular complexity index is 1020. The molecule has 0 aromatic heterocycles. The number of aliphatic hydroxyl groups excluding tert-OH is 1. The maximum Gasteiger partial charge on any atom is 0.331 e. The van der Waals surface area contributed by atoms with Gasteiger partial charge in [0.1, 0.15) is 19.3 Å². The molecule has 1 fully saturated rings. The number of aliphatic hydroxyl groups is 1. The number of allylic oxidation sites excluding steroid dienone is 1. The Morgan fingerprint density at radius 1 is 1.21 bits per heavy atom. The van der Waals surface area contributed by atoms with Gasteiger partial charge >= 0.3 is 17.9 Å². The molecule has 0 amide bonds. The minimum absolute atomic E-state index is 0.0201. The number of carbonyl (C=O) groups excluding carboxylic acids is 3.